The van der Waals surface area contributed by atoms with Gasteiger partial charge in [-0.25, -0.2) is 13.6 Å². The third-order valence-electron chi connectivity index (χ3n) is 3.44. The molecule has 1 aliphatic heterocycles. The zero-order valence-electron chi connectivity index (χ0n) is 12.6. The van der Waals surface area contributed by atoms with Crippen LogP contribution >= 0.6 is 0 Å². The van der Waals surface area contributed by atoms with E-state index in [1.54, 1.807) is 12.1 Å². The summed E-state index contributed by atoms with van der Waals surface area (Å²) in [4.78, 5) is 12.7. The summed E-state index contributed by atoms with van der Waals surface area (Å²) in [5.41, 5.74) is 3.59. The fourth-order valence-electron chi connectivity index (χ4n) is 2.30. The van der Waals surface area contributed by atoms with Crippen molar-refractivity contribution in [3.05, 3.63) is 53.3 Å². The number of pyridine rings is 1. The second kappa shape index (κ2) is 7.56. The monoisotopic (exact) mass is 360 g/mol. The number of alkyl halides is 5. The number of halogens is 5. The molecule has 0 fully saturated rings. The van der Waals surface area contributed by atoms with Crippen LogP contribution in [0.3, 0.4) is 0 Å². The zero-order chi connectivity index (χ0) is 18.6. The van der Waals surface area contributed by atoms with Crippen molar-refractivity contribution in [1.29, 1.82) is 0 Å². The van der Waals surface area contributed by atoms with Crippen molar-refractivity contribution in [2.45, 2.75) is 25.7 Å². The number of nitrogens with zero attached hydrogens (tertiary/aromatic N) is 1. The van der Waals surface area contributed by atoms with Crippen molar-refractivity contribution < 1.29 is 31.9 Å². The number of rotatable bonds is 2. The number of nitrogens with one attached hydrogen (secondary N) is 1. The number of benzene rings is 1. The summed E-state index contributed by atoms with van der Waals surface area (Å²) >= 11 is 0. The Kier molecular flexibility index (Phi) is 5.68. The summed E-state index contributed by atoms with van der Waals surface area (Å²) in [6, 6.07) is 9.23. The lowest BCUT2D eigenvalue weighted by molar-refractivity contribution is -0.192. The first-order chi connectivity index (χ1) is 11.7. The van der Waals surface area contributed by atoms with Crippen LogP contribution in [0.15, 0.2) is 36.5 Å². The first kappa shape index (κ1) is 18.8. The van der Waals surface area contributed by atoms with Gasteiger partial charge in [0.05, 0.1) is 0 Å². The van der Waals surface area contributed by atoms with Crippen LogP contribution in [0.25, 0.3) is 11.1 Å². The lowest BCUT2D eigenvalue weighted by Gasteiger charge is -2.09. The molecular formula is C16H13F5N2O2. The minimum absolute atomic E-state index is 0.150. The van der Waals surface area contributed by atoms with Gasteiger partial charge in [-0.1, -0.05) is 18.2 Å². The number of carbonyl (C=O) groups is 1. The minimum atomic E-state index is -5.08. The van der Waals surface area contributed by atoms with Gasteiger partial charge in [0.2, 0.25) is 0 Å². The molecule has 0 unspecified atom stereocenters. The highest BCUT2D eigenvalue weighted by molar-refractivity contribution is 5.73. The van der Waals surface area contributed by atoms with Crippen molar-refractivity contribution in [3.63, 3.8) is 0 Å². The Morgan fingerprint density at radius 3 is 2.40 bits per heavy atom. The summed E-state index contributed by atoms with van der Waals surface area (Å²) in [6.07, 6.45) is -6.23. The molecule has 2 aromatic rings. The van der Waals surface area contributed by atoms with Crippen LogP contribution < -0.4 is 5.32 Å². The van der Waals surface area contributed by atoms with Crippen molar-refractivity contribution in [1.82, 2.24) is 10.3 Å². The van der Waals surface area contributed by atoms with E-state index < -0.39 is 18.6 Å². The average Bonchev–Trinajstić information content (AvgIpc) is 3.02. The fraction of sp³-hybridized carbons (Fsp3) is 0.250. The van der Waals surface area contributed by atoms with Crippen LogP contribution in [0.4, 0.5) is 22.0 Å². The van der Waals surface area contributed by atoms with Gasteiger partial charge in [-0.05, 0) is 28.8 Å². The van der Waals surface area contributed by atoms with E-state index in [1.807, 2.05) is 18.2 Å². The van der Waals surface area contributed by atoms with E-state index in [1.165, 1.54) is 17.3 Å². The SMILES string of the molecule is FC(F)c1ncccc1-c1ccc2c(c1)CNC2.O=C(O)C(F)(F)F. The molecule has 3 rings (SSSR count). The number of carboxylic acid groups (broad SMARTS) is 1. The largest absolute Gasteiger partial charge is 0.490 e. The first-order valence-electron chi connectivity index (χ1n) is 7.06. The van der Waals surface area contributed by atoms with Gasteiger partial charge in [0.1, 0.15) is 5.69 Å². The van der Waals surface area contributed by atoms with Gasteiger partial charge >= 0.3 is 12.1 Å². The summed E-state index contributed by atoms with van der Waals surface area (Å²) in [6.45, 7) is 1.65. The lowest BCUT2D eigenvalue weighted by Crippen LogP contribution is -2.21. The van der Waals surface area contributed by atoms with E-state index in [0.29, 0.717) is 5.56 Å². The number of carboxylic acids is 1. The summed E-state index contributed by atoms with van der Waals surface area (Å²) < 4.78 is 57.6. The van der Waals surface area contributed by atoms with Gasteiger partial charge in [0.25, 0.3) is 6.43 Å². The number of aliphatic carboxylic acids is 1. The van der Waals surface area contributed by atoms with Gasteiger partial charge < -0.3 is 10.4 Å². The first-order valence-corrected chi connectivity index (χ1v) is 7.06. The molecule has 0 saturated carbocycles. The maximum absolute atomic E-state index is 12.9. The number of hydrogen-bond acceptors (Lipinski definition) is 3. The molecule has 0 saturated heterocycles. The highest BCUT2D eigenvalue weighted by Crippen LogP contribution is 2.31. The van der Waals surface area contributed by atoms with Crippen molar-refractivity contribution in [2.75, 3.05) is 0 Å². The second-order valence-electron chi connectivity index (χ2n) is 5.13. The van der Waals surface area contributed by atoms with Crippen LogP contribution in [-0.4, -0.2) is 22.2 Å². The molecule has 2 N–H and O–H groups in total. The Balaban J connectivity index is 0.000000277. The quantitative estimate of drug-likeness (QED) is 0.797. The van der Waals surface area contributed by atoms with Crippen LogP contribution in [-0.2, 0) is 17.9 Å². The molecule has 1 aromatic heterocycles. The van der Waals surface area contributed by atoms with Gasteiger partial charge in [-0.2, -0.15) is 13.2 Å². The number of hydrogen-bond donors (Lipinski definition) is 2. The highest BCUT2D eigenvalue weighted by atomic mass is 19.4. The Labute approximate surface area is 139 Å². The maximum atomic E-state index is 12.9. The summed E-state index contributed by atoms with van der Waals surface area (Å²) in [5.74, 6) is -2.76. The van der Waals surface area contributed by atoms with E-state index in [2.05, 4.69) is 10.3 Å². The second-order valence-corrected chi connectivity index (χ2v) is 5.13. The minimum Gasteiger partial charge on any atom is -0.475 e. The number of fused-ring (bicyclic) bond motifs is 1. The Morgan fingerprint density at radius 1 is 1.16 bits per heavy atom. The molecule has 2 heterocycles. The topological polar surface area (TPSA) is 62.2 Å². The van der Waals surface area contributed by atoms with Gasteiger partial charge in [0, 0.05) is 24.8 Å². The zero-order valence-corrected chi connectivity index (χ0v) is 12.6. The van der Waals surface area contributed by atoms with E-state index in [-0.39, 0.29) is 5.69 Å². The molecule has 134 valence electrons. The number of aromatic nitrogens is 1. The molecule has 0 aliphatic carbocycles. The van der Waals surface area contributed by atoms with E-state index in [4.69, 9.17) is 9.90 Å². The summed E-state index contributed by atoms with van der Waals surface area (Å²) in [7, 11) is 0. The van der Waals surface area contributed by atoms with Gasteiger partial charge in [-0.3, -0.25) is 4.98 Å². The van der Waals surface area contributed by atoms with Gasteiger partial charge in [-0.15, -0.1) is 0 Å². The third-order valence-corrected chi connectivity index (χ3v) is 3.44. The normalized spacial score (nSPS) is 13.2. The van der Waals surface area contributed by atoms with E-state index in [0.717, 1.165) is 18.7 Å². The molecule has 4 nitrogen and oxygen atoms in total. The van der Waals surface area contributed by atoms with Crippen LogP contribution in [0.1, 0.15) is 23.2 Å². The van der Waals surface area contributed by atoms with Crippen LogP contribution in [0, 0.1) is 0 Å². The molecular weight excluding hydrogens is 347 g/mol. The third kappa shape index (κ3) is 4.72. The molecule has 25 heavy (non-hydrogen) atoms. The highest BCUT2D eigenvalue weighted by Gasteiger charge is 2.38. The Bertz CT molecular complexity index is 762. The molecule has 1 aromatic carbocycles. The molecule has 1 aliphatic rings. The molecule has 0 atom stereocenters. The lowest BCUT2D eigenvalue weighted by atomic mass is 9.99. The van der Waals surface area contributed by atoms with Crippen LogP contribution in [0.5, 0.6) is 0 Å². The van der Waals surface area contributed by atoms with Crippen molar-refractivity contribution in [2.24, 2.45) is 0 Å². The molecule has 0 spiro atoms. The van der Waals surface area contributed by atoms with Gasteiger partial charge in [0.15, 0.2) is 0 Å². The molecule has 0 bridgehead atoms. The van der Waals surface area contributed by atoms with E-state index in [9.17, 15) is 22.0 Å². The predicted molar refractivity (Wildman–Crippen MR) is 78.9 cm³/mol. The molecule has 0 amide bonds. The smallest absolute Gasteiger partial charge is 0.475 e. The maximum Gasteiger partial charge on any atom is 0.490 e. The standard InChI is InChI=1S/C14H12F2N2.C2HF3O2/c15-14(16)13-12(2-1-5-18-13)9-3-4-10-7-17-8-11(10)6-9;3-2(4,5)1(6)7/h1-6,14,17H,7-8H2;(H,6,7). The van der Waals surface area contributed by atoms with Crippen LogP contribution in [0.2, 0.25) is 0 Å². The van der Waals surface area contributed by atoms with Crippen molar-refractivity contribution >= 4 is 5.97 Å². The van der Waals surface area contributed by atoms with Crippen molar-refractivity contribution in [3.8, 4) is 11.1 Å². The van der Waals surface area contributed by atoms with E-state index >= 15 is 0 Å². The molecule has 0 radical (unpaired) electrons. The predicted octanol–water partition coefficient (Wildman–Crippen LogP) is 3.92. The Morgan fingerprint density at radius 2 is 1.80 bits per heavy atom. The Hall–Kier alpha value is -2.55. The average molecular weight is 360 g/mol. The fourth-order valence-corrected chi connectivity index (χ4v) is 2.30. The summed E-state index contributed by atoms with van der Waals surface area (Å²) in [5, 5.41) is 10.4. The molecule has 9 heteroatoms.